The lowest BCUT2D eigenvalue weighted by atomic mass is 9.93. The Balaban J connectivity index is 2.39. The van der Waals surface area contributed by atoms with Gasteiger partial charge in [-0.1, -0.05) is 38.1 Å². The quantitative estimate of drug-likeness (QED) is 0.473. The van der Waals surface area contributed by atoms with Crippen LogP contribution in [0.25, 0.3) is 0 Å². The molecule has 19 heavy (non-hydrogen) atoms. The van der Waals surface area contributed by atoms with Gasteiger partial charge < -0.3 is 9.94 Å². The van der Waals surface area contributed by atoms with Crippen LogP contribution >= 0.6 is 0 Å². The van der Waals surface area contributed by atoms with Crippen LogP contribution in [0.15, 0.2) is 29.4 Å². The van der Waals surface area contributed by atoms with Gasteiger partial charge in [0.1, 0.15) is 5.75 Å². The predicted molar refractivity (Wildman–Crippen MR) is 79.2 cm³/mol. The first kappa shape index (κ1) is 15.5. The SMILES string of the molecule is C/C(CCc1ccc(OCCC(C)(C)C)cc1)=N\O. The van der Waals surface area contributed by atoms with Crippen LogP contribution < -0.4 is 4.74 Å². The number of hydrogen-bond donors (Lipinski definition) is 1. The number of rotatable bonds is 6. The van der Waals surface area contributed by atoms with E-state index in [2.05, 4.69) is 38.1 Å². The molecular formula is C16H25NO2. The van der Waals surface area contributed by atoms with Crippen LogP contribution in [0.2, 0.25) is 0 Å². The van der Waals surface area contributed by atoms with E-state index in [0.29, 0.717) is 5.41 Å². The molecule has 1 aromatic rings. The summed E-state index contributed by atoms with van der Waals surface area (Å²) in [4.78, 5) is 0. The zero-order valence-electron chi connectivity index (χ0n) is 12.4. The van der Waals surface area contributed by atoms with Gasteiger partial charge in [0.15, 0.2) is 0 Å². The monoisotopic (exact) mass is 263 g/mol. The Kier molecular flexibility index (Phi) is 5.87. The lowest BCUT2D eigenvalue weighted by Crippen LogP contribution is -2.11. The average molecular weight is 263 g/mol. The van der Waals surface area contributed by atoms with Crippen molar-refractivity contribution in [2.45, 2.75) is 47.0 Å². The van der Waals surface area contributed by atoms with E-state index in [-0.39, 0.29) is 0 Å². The van der Waals surface area contributed by atoms with Crippen molar-refractivity contribution in [2.24, 2.45) is 10.6 Å². The zero-order chi connectivity index (χ0) is 14.3. The molecule has 0 bridgehead atoms. The summed E-state index contributed by atoms with van der Waals surface area (Å²) in [7, 11) is 0. The second-order valence-corrected chi connectivity index (χ2v) is 6.14. The number of aryl methyl sites for hydroxylation is 1. The van der Waals surface area contributed by atoms with Crippen LogP contribution in [0.4, 0.5) is 0 Å². The number of nitrogens with zero attached hydrogens (tertiary/aromatic N) is 1. The van der Waals surface area contributed by atoms with Crippen LogP contribution in [0.3, 0.4) is 0 Å². The van der Waals surface area contributed by atoms with Crippen LogP contribution in [0.1, 0.15) is 46.1 Å². The van der Waals surface area contributed by atoms with Crippen LogP contribution in [0.5, 0.6) is 5.75 Å². The number of ether oxygens (including phenoxy) is 1. The Hall–Kier alpha value is -1.51. The van der Waals surface area contributed by atoms with Crippen molar-refractivity contribution in [1.29, 1.82) is 0 Å². The van der Waals surface area contributed by atoms with E-state index < -0.39 is 0 Å². The largest absolute Gasteiger partial charge is 0.494 e. The van der Waals surface area contributed by atoms with Gasteiger partial charge in [-0.15, -0.1) is 0 Å². The van der Waals surface area contributed by atoms with Crippen LogP contribution in [0, 0.1) is 5.41 Å². The van der Waals surface area contributed by atoms with Gasteiger partial charge in [0, 0.05) is 0 Å². The van der Waals surface area contributed by atoms with E-state index in [1.165, 1.54) is 5.56 Å². The molecule has 0 aliphatic carbocycles. The van der Waals surface area contributed by atoms with Crippen molar-refractivity contribution < 1.29 is 9.94 Å². The molecule has 0 unspecified atom stereocenters. The maximum atomic E-state index is 8.59. The molecule has 0 spiro atoms. The van der Waals surface area contributed by atoms with Gasteiger partial charge in [0.2, 0.25) is 0 Å². The zero-order valence-corrected chi connectivity index (χ0v) is 12.4. The fraction of sp³-hybridized carbons (Fsp3) is 0.562. The second kappa shape index (κ2) is 7.17. The molecule has 0 amide bonds. The molecule has 0 aliphatic heterocycles. The molecule has 106 valence electrons. The van der Waals surface area contributed by atoms with Gasteiger partial charge in [-0.3, -0.25) is 0 Å². The van der Waals surface area contributed by atoms with Gasteiger partial charge in [0.25, 0.3) is 0 Å². The van der Waals surface area contributed by atoms with E-state index in [1.54, 1.807) is 0 Å². The van der Waals surface area contributed by atoms with Crippen molar-refractivity contribution in [1.82, 2.24) is 0 Å². The molecule has 0 heterocycles. The lowest BCUT2D eigenvalue weighted by Gasteiger charge is -2.18. The van der Waals surface area contributed by atoms with Crippen molar-refractivity contribution >= 4 is 5.71 Å². The highest BCUT2D eigenvalue weighted by molar-refractivity contribution is 5.81. The van der Waals surface area contributed by atoms with E-state index in [0.717, 1.165) is 37.3 Å². The molecule has 0 fully saturated rings. The molecule has 0 radical (unpaired) electrons. The van der Waals surface area contributed by atoms with Crippen LogP contribution in [-0.4, -0.2) is 17.5 Å². The molecule has 0 atom stereocenters. The molecular weight excluding hydrogens is 238 g/mol. The van der Waals surface area contributed by atoms with Gasteiger partial charge in [-0.25, -0.2) is 0 Å². The number of oxime groups is 1. The van der Waals surface area contributed by atoms with E-state index >= 15 is 0 Å². The normalized spacial score (nSPS) is 12.5. The van der Waals surface area contributed by atoms with Crippen LogP contribution in [-0.2, 0) is 6.42 Å². The number of benzene rings is 1. The molecule has 0 aromatic heterocycles. The lowest BCUT2D eigenvalue weighted by molar-refractivity contribution is 0.243. The highest BCUT2D eigenvalue weighted by Crippen LogP contribution is 2.20. The van der Waals surface area contributed by atoms with Gasteiger partial charge >= 0.3 is 0 Å². The summed E-state index contributed by atoms with van der Waals surface area (Å²) in [6.45, 7) is 9.21. The summed E-state index contributed by atoms with van der Waals surface area (Å²) in [5, 5.41) is 11.8. The van der Waals surface area contributed by atoms with Gasteiger partial charge in [0.05, 0.1) is 12.3 Å². The molecule has 0 saturated heterocycles. The predicted octanol–water partition coefficient (Wildman–Crippen LogP) is 4.28. The molecule has 3 heteroatoms. The van der Waals surface area contributed by atoms with Crippen molar-refractivity contribution in [3.05, 3.63) is 29.8 Å². The minimum absolute atomic E-state index is 0.307. The van der Waals surface area contributed by atoms with Crippen molar-refractivity contribution in [2.75, 3.05) is 6.61 Å². The minimum atomic E-state index is 0.307. The Morgan fingerprint density at radius 3 is 2.37 bits per heavy atom. The topological polar surface area (TPSA) is 41.8 Å². The highest BCUT2D eigenvalue weighted by atomic mass is 16.5. The summed E-state index contributed by atoms with van der Waals surface area (Å²) in [6, 6.07) is 8.14. The smallest absolute Gasteiger partial charge is 0.119 e. The highest BCUT2D eigenvalue weighted by Gasteiger charge is 2.09. The molecule has 1 aromatic carbocycles. The maximum absolute atomic E-state index is 8.59. The summed E-state index contributed by atoms with van der Waals surface area (Å²) in [6.07, 6.45) is 2.71. The number of hydrogen-bond acceptors (Lipinski definition) is 3. The van der Waals surface area contributed by atoms with E-state index in [1.807, 2.05) is 19.1 Å². The summed E-state index contributed by atoms with van der Waals surface area (Å²) in [5.41, 5.74) is 2.29. The standard InChI is InChI=1S/C16H25NO2/c1-13(17-18)5-6-14-7-9-15(10-8-14)19-12-11-16(2,3)4/h7-10,18H,5-6,11-12H2,1-4H3/b17-13+. The first-order chi connectivity index (χ1) is 8.90. The third-order valence-corrected chi connectivity index (χ3v) is 2.99. The molecule has 0 saturated carbocycles. The third kappa shape index (κ3) is 6.85. The summed E-state index contributed by atoms with van der Waals surface area (Å²) >= 11 is 0. The molecule has 0 aliphatic rings. The Labute approximate surface area is 116 Å². The fourth-order valence-electron chi connectivity index (χ4n) is 1.60. The Bertz CT molecular complexity index is 402. The van der Waals surface area contributed by atoms with Gasteiger partial charge in [-0.05, 0) is 49.3 Å². The second-order valence-electron chi connectivity index (χ2n) is 6.14. The fourth-order valence-corrected chi connectivity index (χ4v) is 1.60. The van der Waals surface area contributed by atoms with E-state index in [9.17, 15) is 0 Å². The molecule has 1 N–H and O–H groups in total. The van der Waals surface area contributed by atoms with E-state index in [4.69, 9.17) is 9.94 Å². The third-order valence-electron chi connectivity index (χ3n) is 2.99. The molecule has 1 rings (SSSR count). The first-order valence-electron chi connectivity index (χ1n) is 6.80. The average Bonchev–Trinajstić information content (AvgIpc) is 2.36. The first-order valence-corrected chi connectivity index (χ1v) is 6.80. The Morgan fingerprint density at radius 1 is 1.21 bits per heavy atom. The summed E-state index contributed by atoms with van der Waals surface area (Å²) < 4.78 is 5.72. The Morgan fingerprint density at radius 2 is 1.84 bits per heavy atom. The van der Waals surface area contributed by atoms with Crippen molar-refractivity contribution in [3.8, 4) is 5.75 Å². The summed E-state index contributed by atoms with van der Waals surface area (Å²) in [5.74, 6) is 0.917. The van der Waals surface area contributed by atoms with Crippen molar-refractivity contribution in [3.63, 3.8) is 0 Å². The molecule has 3 nitrogen and oxygen atoms in total. The van der Waals surface area contributed by atoms with Gasteiger partial charge in [-0.2, -0.15) is 0 Å². The maximum Gasteiger partial charge on any atom is 0.119 e. The minimum Gasteiger partial charge on any atom is -0.494 e.